The van der Waals surface area contributed by atoms with Crippen LogP contribution in [0.1, 0.15) is 67.2 Å². The Hall–Kier alpha value is -3.14. The third kappa shape index (κ3) is 9.78. The summed E-state index contributed by atoms with van der Waals surface area (Å²) in [6.45, 7) is 5.96. The molecule has 0 aliphatic carbocycles. The topological polar surface area (TPSA) is 163 Å². The Bertz CT molecular complexity index is 797. The number of hydrogen-bond acceptors (Lipinski definition) is 7. The molecule has 0 radical (unpaired) electrons. The second-order valence-electron chi connectivity index (χ2n) is 7.56. The van der Waals surface area contributed by atoms with Gasteiger partial charge in [0.15, 0.2) is 5.78 Å². The number of nitrogens with one attached hydrogen (secondary N) is 2. The molecule has 1 aromatic carbocycles. The van der Waals surface area contributed by atoms with Gasteiger partial charge in [0, 0.05) is 12.1 Å². The van der Waals surface area contributed by atoms with E-state index < -0.39 is 18.0 Å². The van der Waals surface area contributed by atoms with E-state index in [0.717, 1.165) is 0 Å². The van der Waals surface area contributed by atoms with Crippen LogP contribution in [0.15, 0.2) is 18.2 Å². The Labute approximate surface area is 188 Å². The number of alkyl carbamates (subject to hydrolysis) is 1. The van der Waals surface area contributed by atoms with Gasteiger partial charge >= 0.3 is 6.09 Å². The summed E-state index contributed by atoms with van der Waals surface area (Å²) in [7, 11) is 0. The van der Waals surface area contributed by atoms with E-state index in [2.05, 4.69) is 10.6 Å². The van der Waals surface area contributed by atoms with Gasteiger partial charge in [-0.3, -0.25) is 14.4 Å². The number of amides is 3. The molecule has 0 aliphatic heterocycles. The third-order valence-corrected chi connectivity index (χ3v) is 4.42. The molecule has 0 aromatic heterocycles. The van der Waals surface area contributed by atoms with Crippen molar-refractivity contribution in [1.82, 2.24) is 10.6 Å². The summed E-state index contributed by atoms with van der Waals surface area (Å²) in [6, 6.07) is 3.86. The van der Waals surface area contributed by atoms with Crippen LogP contribution in [0.5, 0.6) is 5.75 Å². The van der Waals surface area contributed by atoms with Crippen LogP contribution < -0.4 is 26.8 Å². The minimum Gasteiger partial charge on any atom is -0.493 e. The highest BCUT2D eigenvalue weighted by Gasteiger charge is 2.19. The van der Waals surface area contributed by atoms with Crippen molar-refractivity contribution in [3.63, 3.8) is 0 Å². The van der Waals surface area contributed by atoms with E-state index >= 15 is 0 Å². The fourth-order valence-corrected chi connectivity index (χ4v) is 2.76. The van der Waals surface area contributed by atoms with Crippen molar-refractivity contribution in [3.05, 3.63) is 29.3 Å². The first-order chi connectivity index (χ1) is 15.1. The first-order valence-corrected chi connectivity index (χ1v) is 10.7. The number of carbonyl (C=O) groups is 4. The summed E-state index contributed by atoms with van der Waals surface area (Å²) in [5.74, 6) is -0.813. The maximum atomic E-state index is 12.7. The van der Waals surface area contributed by atoms with E-state index in [1.54, 1.807) is 26.0 Å². The van der Waals surface area contributed by atoms with Crippen LogP contribution in [0, 0.1) is 0 Å². The van der Waals surface area contributed by atoms with Gasteiger partial charge in [-0.15, -0.1) is 0 Å². The predicted molar refractivity (Wildman–Crippen MR) is 120 cm³/mol. The molecule has 0 saturated heterocycles. The van der Waals surface area contributed by atoms with Crippen molar-refractivity contribution in [1.29, 1.82) is 0 Å². The smallest absolute Gasteiger partial charge is 0.408 e. The molecule has 0 heterocycles. The molecule has 0 saturated carbocycles. The summed E-state index contributed by atoms with van der Waals surface area (Å²) in [5, 5.41) is 5.22. The number of rotatable bonds is 14. The molecular weight excluding hydrogens is 416 g/mol. The highest BCUT2D eigenvalue weighted by molar-refractivity contribution is 6.01. The molecule has 1 unspecified atom stereocenters. The van der Waals surface area contributed by atoms with Crippen LogP contribution in [0.2, 0.25) is 0 Å². The minimum atomic E-state index is -0.855. The van der Waals surface area contributed by atoms with E-state index in [9.17, 15) is 19.2 Å². The number of benzene rings is 1. The number of ketones is 1. The molecule has 0 aliphatic rings. The second kappa shape index (κ2) is 14.0. The van der Waals surface area contributed by atoms with E-state index in [-0.39, 0.29) is 23.4 Å². The Morgan fingerprint density at radius 1 is 1.09 bits per heavy atom. The Kier molecular flexibility index (Phi) is 11.8. The average molecular weight is 451 g/mol. The van der Waals surface area contributed by atoms with Crippen LogP contribution in [0.3, 0.4) is 0 Å². The summed E-state index contributed by atoms with van der Waals surface area (Å²) in [5.41, 5.74) is 11.5. The van der Waals surface area contributed by atoms with E-state index in [1.165, 1.54) is 13.0 Å². The summed E-state index contributed by atoms with van der Waals surface area (Å²) in [6.07, 6.45) is 1.00. The van der Waals surface area contributed by atoms with Crippen LogP contribution >= 0.6 is 0 Å². The molecule has 0 bridgehead atoms. The standard InChI is InChI=1S/C22H34N4O6/c1-14(2)32-22(30)26-18(20(24)28)7-4-5-11-25-21(29)17-13-16(15(3)27)8-9-19(17)31-12-6-10-23/h8-9,13-14,18H,4-7,10-12,23H2,1-3H3,(H2,24,28)(H,25,29)(H,26,30). The van der Waals surface area contributed by atoms with Gasteiger partial charge in [-0.25, -0.2) is 4.79 Å². The van der Waals surface area contributed by atoms with E-state index in [0.29, 0.717) is 56.7 Å². The zero-order chi connectivity index (χ0) is 24.1. The van der Waals surface area contributed by atoms with Crippen molar-refractivity contribution >= 4 is 23.7 Å². The molecular formula is C22H34N4O6. The van der Waals surface area contributed by atoms with Crippen LogP contribution in [0.25, 0.3) is 0 Å². The number of unbranched alkanes of at least 4 members (excludes halogenated alkanes) is 1. The number of primary amides is 1. The first-order valence-electron chi connectivity index (χ1n) is 10.7. The van der Waals surface area contributed by atoms with Crippen LogP contribution in [-0.4, -0.2) is 55.5 Å². The molecule has 32 heavy (non-hydrogen) atoms. The van der Waals surface area contributed by atoms with Crippen molar-refractivity contribution in [3.8, 4) is 5.75 Å². The lowest BCUT2D eigenvalue weighted by Gasteiger charge is -2.17. The molecule has 178 valence electrons. The molecule has 10 nitrogen and oxygen atoms in total. The quantitative estimate of drug-likeness (QED) is 0.246. The fourth-order valence-electron chi connectivity index (χ4n) is 2.76. The van der Waals surface area contributed by atoms with Gasteiger partial charge in [-0.05, 0) is 71.2 Å². The average Bonchev–Trinajstić information content (AvgIpc) is 2.71. The van der Waals surface area contributed by atoms with Crippen molar-refractivity contribution in [2.75, 3.05) is 19.7 Å². The van der Waals surface area contributed by atoms with E-state index in [4.69, 9.17) is 20.9 Å². The zero-order valence-electron chi connectivity index (χ0n) is 18.9. The SMILES string of the molecule is CC(=O)c1ccc(OCCCN)c(C(=O)NCCCCC(NC(=O)OC(C)C)C(N)=O)c1. The Balaban J connectivity index is 2.60. The number of ether oxygens (including phenoxy) is 2. The van der Waals surface area contributed by atoms with Gasteiger partial charge < -0.3 is 31.6 Å². The number of Topliss-reactive ketones (excluding diaryl/α,β-unsaturated/α-hetero) is 1. The van der Waals surface area contributed by atoms with Crippen molar-refractivity contribution in [2.45, 2.75) is 58.6 Å². The summed E-state index contributed by atoms with van der Waals surface area (Å²) >= 11 is 0. The van der Waals surface area contributed by atoms with Crippen LogP contribution in [0.4, 0.5) is 4.79 Å². The monoisotopic (exact) mass is 450 g/mol. The fraction of sp³-hybridized carbons (Fsp3) is 0.545. The number of nitrogens with two attached hydrogens (primary N) is 2. The van der Waals surface area contributed by atoms with Gasteiger partial charge in [-0.2, -0.15) is 0 Å². The first kappa shape index (κ1) is 26.9. The molecule has 6 N–H and O–H groups in total. The lowest BCUT2D eigenvalue weighted by Crippen LogP contribution is -2.45. The predicted octanol–water partition coefficient (Wildman–Crippen LogP) is 1.51. The second-order valence-corrected chi connectivity index (χ2v) is 7.56. The molecule has 1 atom stereocenters. The summed E-state index contributed by atoms with van der Waals surface area (Å²) < 4.78 is 10.6. The number of carbonyl (C=O) groups excluding carboxylic acids is 4. The third-order valence-electron chi connectivity index (χ3n) is 4.42. The molecule has 1 aromatic rings. The van der Waals surface area contributed by atoms with Gasteiger partial charge in [-0.1, -0.05) is 0 Å². The molecule has 0 spiro atoms. The van der Waals surface area contributed by atoms with Gasteiger partial charge in [0.25, 0.3) is 5.91 Å². The highest BCUT2D eigenvalue weighted by Crippen LogP contribution is 2.21. The van der Waals surface area contributed by atoms with Crippen molar-refractivity contribution < 1.29 is 28.7 Å². The highest BCUT2D eigenvalue weighted by atomic mass is 16.6. The van der Waals surface area contributed by atoms with Crippen molar-refractivity contribution in [2.24, 2.45) is 11.5 Å². The molecule has 0 fully saturated rings. The van der Waals surface area contributed by atoms with Gasteiger partial charge in [0.05, 0.1) is 18.3 Å². The maximum absolute atomic E-state index is 12.7. The van der Waals surface area contributed by atoms with Gasteiger partial charge in [0.1, 0.15) is 11.8 Å². The lowest BCUT2D eigenvalue weighted by atomic mass is 10.1. The van der Waals surface area contributed by atoms with E-state index in [1.807, 2.05) is 0 Å². The normalized spacial score (nSPS) is 11.5. The molecule has 3 amide bonds. The van der Waals surface area contributed by atoms with Gasteiger partial charge in [0.2, 0.25) is 5.91 Å². The summed E-state index contributed by atoms with van der Waals surface area (Å²) in [4.78, 5) is 47.5. The molecule has 10 heteroatoms. The zero-order valence-corrected chi connectivity index (χ0v) is 18.9. The largest absolute Gasteiger partial charge is 0.493 e. The Morgan fingerprint density at radius 3 is 2.41 bits per heavy atom. The Morgan fingerprint density at radius 2 is 1.81 bits per heavy atom. The maximum Gasteiger partial charge on any atom is 0.408 e. The van der Waals surface area contributed by atoms with Crippen LogP contribution in [-0.2, 0) is 9.53 Å². The lowest BCUT2D eigenvalue weighted by molar-refractivity contribution is -0.120. The number of hydrogen-bond donors (Lipinski definition) is 4. The molecule has 1 rings (SSSR count). The minimum absolute atomic E-state index is 0.159.